The zero-order valence-electron chi connectivity index (χ0n) is 7.53. The Morgan fingerprint density at radius 3 is 2.93 bits per heavy atom. The van der Waals surface area contributed by atoms with Gasteiger partial charge in [-0.25, -0.2) is 4.79 Å². The van der Waals surface area contributed by atoms with E-state index in [4.69, 9.17) is 11.6 Å². The van der Waals surface area contributed by atoms with Crippen LogP contribution in [0.25, 0.3) is 0 Å². The van der Waals surface area contributed by atoms with E-state index in [0.717, 1.165) is 0 Å². The predicted octanol–water partition coefficient (Wildman–Crippen LogP) is 0.171. The van der Waals surface area contributed by atoms with E-state index in [1.807, 2.05) is 0 Å². The maximum atomic E-state index is 11.4. The fourth-order valence-electron chi connectivity index (χ4n) is 1.48. The van der Waals surface area contributed by atoms with Crippen molar-refractivity contribution in [3.05, 3.63) is 34.3 Å². The van der Waals surface area contributed by atoms with E-state index in [-0.39, 0.29) is 6.42 Å². The average molecular weight is 226 g/mol. The van der Waals surface area contributed by atoms with Gasteiger partial charge in [0.05, 0.1) is 11.5 Å². The molecule has 1 aromatic carbocycles. The molecule has 2 rings (SSSR count). The van der Waals surface area contributed by atoms with Gasteiger partial charge in [-0.05, 0) is 17.7 Å². The fourth-order valence-corrected chi connectivity index (χ4v) is 1.65. The van der Waals surface area contributed by atoms with Crippen LogP contribution in [0.3, 0.4) is 0 Å². The summed E-state index contributed by atoms with van der Waals surface area (Å²) in [5.41, 5.74) is 0.935. The van der Waals surface area contributed by atoms with Crippen LogP contribution in [0.1, 0.15) is 15.9 Å². The highest BCUT2D eigenvalue weighted by atomic mass is 35.5. The molecule has 0 fully saturated rings. The van der Waals surface area contributed by atoms with Crippen molar-refractivity contribution in [1.82, 2.24) is 0 Å². The second-order valence-electron chi connectivity index (χ2n) is 3.22. The molecule has 1 aromatic rings. The number of carbonyl (C=O) groups is 2. The van der Waals surface area contributed by atoms with E-state index in [2.05, 4.69) is 4.74 Å². The minimum absolute atomic E-state index is 0.126. The second-order valence-corrected chi connectivity index (χ2v) is 3.66. The van der Waals surface area contributed by atoms with Gasteiger partial charge in [-0.1, -0.05) is 17.7 Å². The molecule has 0 aromatic heterocycles. The van der Waals surface area contributed by atoms with Crippen LogP contribution in [0.2, 0.25) is 5.02 Å². The van der Waals surface area contributed by atoms with Gasteiger partial charge in [0.25, 0.3) is 0 Å². The second kappa shape index (κ2) is 3.55. The highest BCUT2D eigenvalue weighted by Gasteiger charge is 2.26. The SMILES string of the molecule is O=C1O[C@H](C(=O)[O-])Cc2ccc(Cl)cc21. The smallest absolute Gasteiger partial charge is 0.339 e. The number of carboxylic acid groups (broad SMARTS) is 1. The third-order valence-corrected chi connectivity index (χ3v) is 2.44. The maximum Gasteiger partial charge on any atom is 0.339 e. The molecule has 5 heteroatoms. The van der Waals surface area contributed by atoms with Crippen LogP contribution in [0.4, 0.5) is 0 Å². The lowest BCUT2D eigenvalue weighted by Gasteiger charge is -2.25. The highest BCUT2D eigenvalue weighted by molar-refractivity contribution is 6.31. The lowest BCUT2D eigenvalue weighted by Crippen LogP contribution is -2.42. The lowest BCUT2D eigenvalue weighted by atomic mass is 9.99. The highest BCUT2D eigenvalue weighted by Crippen LogP contribution is 2.23. The molecule has 0 saturated heterocycles. The van der Waals surface area contributed by atoms with Gasteiger partial charge in [-0.3, -0.25) is 0 Å². The molecule has 1 atom stereocenters. The molecule has 1 heterocycles. The molecule has 4 nitrogen and oxygen atoms in total. The van der Waals surface area contributed by atoms with Crippen LogP contribution in [-0.4, -0.2) is 18.0 Å². The fraction of sp³-hybridized carbons (Fsp3) is 0.200. The summed E-state index contributed by atoms with van der Waals surface area (Å²) in [5, 5.41) is 11.0. The van der Waals surface area contributed by atoms with E-state index in [9.17, 15) is 14.7 Å². The summed E-state index contributed by atoms with van der Waals surface area (Å²) in [6.07, 6.45) is -1.08. The van der Waals surface area contributed by atoms with Crippen molar-refractivity contribution >= 4 is 23.5 Å². The monoisotopic (exact) mass is 225 g/mol. The molecule has 0 spiro atoms. The summed E-state index contributed by atoms with van der Waals surface area (Å²) in [6, 6.07) is 4.68. The van der Waals surface area contributed by atoms with Crippen LogP contribution in [0, 0.1) is 0 Å². The van der Waals surface area contributed by atoms with Crippen LogP contribution in [0.5, 0.6) is 0 Å². The van der Waals surface area contributed by atoms with E-state index in [1.165, 1.54) is 6.07 Å². The molecular formula is C10H6ClO4-. The number of carboxylic acids is 1. The Morgan fingerprint density at radius 1 is 1.53 bits per heavy atom. The number of benzene rings is 1. The Kier molecular flexibility index (Phi) is 2.36. The zero-order valence-corrected chi connectivity index (χ0v) is 8.28. The topological polar surface area (TPSA) is 66.4 Å². The number of esters is 1. The summed E-state index contributed by atoms with van der Waals surface area (Å²) in [7, 11) is 0. The van der Waals surface area contributed by atoms with E-state index >= 15 is 0 Å². The molecule has 0 N–H and O–H groups in total. The first kappa shape index (κ1) is 9.98. The Labute approximate surface area is 90.4 Å². The predicted molar refractivity (Wildman–Crippen MR) is 49.4 cm³/mol. The number of fused-ring (bicyclic) bond motifs is 1. The Bertz CT molecular complexity index is 441. The molecule has 0 saturated carbocycles. The van der Waals surface area contributed by atoms with Gasteiger partial charge in [-0.2, -0.15) is 0 Å². The Balaban J connectivity index is 2.41. The average Bonchev–Trinajstić information content (AvgIpc) is 2.18. The van der Waals surface area contributed by atoms with Crippen LogP contribution < -0.4 is 5.11 Å². The normalized spacial score (nSPS) is 19.3. The molecule has 15 heavy (non-hydrogen) atoms. The minimum Gasteiger partial charge on any atom is -0.546 e. The first-order valence-electron chi connectivity index (χ1n) is 4.28. The Hall–Kier alpha value is -1.55. The van der Waals surface area contributed by atoms with Gasteiger partial charge >= 0.3 is 5.97 Å². The summed E-state index contributed by atoms with van der Waals surface area (Å²) in [5.74, 6) is -2.06. The summed E-state index contributed by atoms with van der Waals surface area (Å²) in [4.78, 5) is 21.9. The molecule has 0 radical (unpaired) electrons. The standard InChI is InChI=1S/C10H7ClO4/c11-6-2-1-5-3-8(9(12)13)15-10(14)7(5)4-6/h1-2,4,8H,3H2,(H,12,13)/p-1/t8-/m0/s1. The first-order valence-corrected chi connectivity index (χ1v) is 4.66. The van der Waals surface area contributed by atoms with Gasteiger partial charge in [0.15, 0.2) is 0 Å². The van der Waals surface area contributed by atoms with Crippen LogP contribution in [0.15, 0.2) is 18.2 Å². The number of hydrogen-bond acceptors (Lipinski definition) is 4. The summed E-state index contributed by atoms with van der Waals surface area (Å²) < 4.78 is 4.67. The van der Waals surface area contributed by atoms with Gasteiger partial charge in [-0.15, -0.1) is 0 Å². The molecule has 1 aliphatic rings. The van der Waals surface area contributed by atoms with Crippen LogP contribution in [-0.2, 0) is 16.0 Å². The number of rotatable bonds is 1. The zero-order chi connectivity index (χ0) is 11.0. The van der Waals surface area contributed by atoms with Crippen molar-refractivity contribution < 1.29 is 19.4 Å². The van der Waals surface area contributed by atoms with Crippen LogP contribution >= 0.6 is 11.6 Å². The maximum absolute atomic E-state index is 11.4. The molecule has 78 valence electrons. The number of aliphatic carboxylic acids is 1. The molecule has 1 aliphatic heterocycles. The van der Waals surface area contributed by atoms with Crippen molar-refractivity contribution in [2.45, 2.75) is 12.5 Å². The van der Waals surface area contributed by atoms with Gasteiger partial charge in [0, 0.05) is 11.4 Å². The molecule has 0 unspecified atom stereocenters. The molecule has 0 bridgehead atoms. The molecular weight excluding hydrogens is 220 g/mol. The van der Waals surface area contributed by atoms with Crippen molar-refractivity contribution in [2.24, 2.45) is 0 Å². The van der Waals surface area contributed by atoms with Crippen molar-refractivity contribution in [3.8, 4) is 0 Å². The largest absolute Gasteiger partial charge is 0.546 e. The number of halogens is 1. The Morgan fingerprint density at radius 2 is 2.27 bits per heavy atom. The number of carbonyl (C=O) groups excluding carboxylic acids is 2. The van der Waals surface area contributed by atoms with Crippen molar-refractivity contribution in [3.63, 3.8) is 0 Å². The third kappa shape index (κ3) is 1.80. The third-order valence-electron chi connectivity index (χ3n) is 2.21. The van der Waals surface area contributed by atoms with E-state index in [1.54, 1.807) is 12.1 Å². The van der Waals surface area contributed by atoms with E-state index in [0.29, 0.717) is 16.1 Å². The summed E-state index contributed by atoms with van der Waals surface area (Å²) >= 11 is 5.70. The van der Waals surface area contributed by atoms with E-state index < -0.39 is 18.0 Å². The van der Waals surface area contributed by atoms with Crippen molar-refractivity contribution in [1.29, 1.82) is 0 Å². The minimum atomic E-state index is -1.39. The molecule has 0 aliphatic carbocycles. The summed E-state index contributed by atoms with van der Waals surface area (Å²) in [6.45, 7) is 0. The quantitative estimate of drug-likeness (QED) is 0.639. The first-order chi connectivity index (χ1) is 7.08. The number of hydrogen-bond donors (Lipinski definition) is 0. The van der Waals surface area contributed by atoms with Gasteiger partial charge in [0.1, 0.15) is 6.10 Å². The van der Waals surface area contributed by atoms with Gasteiger partial charge in [0.2, 0.25) is 0 Å². The van der Waals surface area contributed by atoms with Crippen molar-refractivity contribution in [2.75, 3.05) is 0 Å². The lowest BCUT2D eigenvalue weighted by molar-refractivity contribution is -0.314. The van der Waals surface area contributed by atoms with Gasteiger partial charge < -0.3 is 14.6 Å². The number of ether oxygens (including phenoxy) is 1. The number of cyclic esters (lactones) is 1. The molecule has 0 amide bonds.